The maximum absolute atomic E-state index is 12.9. The lowest BCUT2D eigenvalue weighted by molar-refractivity contribution is -0.121. The Hall–Kier alpha value is -3.80. The van der Waals surface area contributed by atoms with E-state index in [9.17, 15) is 4.79 Å². The number of para-hydroxylation sites is 2. The third kappa shape index (κ3) is 3.97. The number of aromatic nitrogens is 2. The number of hydrogen-bond donors (Lipinski definition) is 2. The summed E-state index contributed by atoms with van der Waals surface area (Å²) >= 11 is 0. The van der Waals surface area contributed by atoms with Crippen molar-refractivity contribution >= 4 is 16.8 Å². The van der Waals surface area contributed by atoms with Gasteiger partial charge >= 0.3 is 0 Å². The average Bonchev–Trinajstić information content (AvgIpc) is 3.45. The first kappa shape index (κ1) is 19.2. The van der Waals surface area contributed by atoms with Crippen LogP contribution in [0.1, 0.15) is 29.2 Å². The van der Waals surface area contributed by atoms with E-state index in [1.165, 1.54) is 0 Å². The number of fused-ring (bicyclic) bond motifs is 2. The Bertz CT molecular complexity index is 1200. The minimum absolute atomic E-state index is 0.0114. The van der Waals surface area contributed by atoms with Crippen molar-refractivity contribution in [3.63, 3.8) is 0 Å². The molecule has 3 heterocycles. The van der Waals surface area contributed by atoms with Gasteiger partial charge in [0.05, 0.1) is 0 Å². The van der Waals surface area contributed by atoms with Crippen LogP contribution in [0.5, 0.6) is 11.5 Å². The highest BCUT2D eigenvalue weighted by Gasteiger charge is 2.28. The molecule has 0 bridgehead atoms. The summed E-state index contributed by atoms with van der Waals surface area (Å²) < 4.78 is 11.3. The van der Waals surface area contributed by atoms with E-state index in [1.807, 2.05) is 60.8 Å². The number of benzene rings is 2. The molecule has 0 saturated heterocycles. The molecule has 4 aromatic rings. The van der Waals surface area contributed by atoms with Gasteiger partial charge in [-0.25, -0.2) is 0 Å². The summed E-state index contributed by atoms with van der Waals surface area (Å²) in [5.74, 6) is 1.27. The van der Waals surface area contributed by atoms with Crippen molar-refractivity contribution in [3.8, 4) is 11.5 Å². The number of H-pyrrole nitrogens is 1. The van der Waals surface area contributed by atoms with Gasteiger partial charge in [0.1, 0.15) is 0 Å². The predicted molar refractivity (Wildman–Crippen MR) is 118 cm³/mol. The number of aromatic amines is 1. The highest BCUT2D eigenvalue weighted by Crippen LogP contribution is 2.44. The molecule has 1 amide bonds. The average molecular weight is 413 g/mol. The van der Waals surface area contributed by atoms with Gasteiger partial charge in [0, 0.05) is 59.9 Å². The number of carbonyl (C=O) groups is 1. The first-order valence-corrected chi connectivity index (χ1v) is 10.4. The van der Waals surface area contributed by atoms with Crippen LogP contribution in [-0.4, -0.2) is 29.2 Å². The second-order valence-corrected chi connectivity index (χ2v) is 7.55. The number of carbonyl (C=O) groups excluding carboxylic acids is 1. The van der Waals surface area contributed by atoms with Crippen LogP contribution in [0.3, 0.4) is 0 Å². The number of rotatable bonds is 7. The Morgan fingerprint density at radius 2 is 1.94 bits per heavy atom. The molecule has 2 aromatic heterocycles. The molecule has 2 N–H and O–H groups in total. The Morgan fingerprint density at radius 1 is 1.03 bits per heavy atom. The molecule has 1 aliphatic heterocycles. The number of nitrogens with one attached hydrogen (secondary N) is 2. The summed E-state index contributed by atoms with van der Waals surface area (Å²) in [4.78, 5) is 20.6. The Morgan fingerprint density at radius 3 is 2.84 bits per heavy atom. The van der Waals surface area contributed by atoms with Crippen molar-refractivity contribution in [2.24, 2.45) is 0 Å². The predicted octanol–water partition coefficient (Wildman–Crippen LogP) is 4.17. The molecule has 1 aliphatic rings. The fourth-order valence-electron chi connectivity index (χ4n) is 4.13. The number of hydrogen-bond acceptors (Lipinski definition) is 4. The van der Waals surface area contributed by atoms with Gasteiger partial charge in [-0.1, -0.05) is 36.4 Å². The van der Waals surface area contributed by atoms with E-state index in [1.54, 1.807) is 6.20 Å². The van der Waals surface area contributed by atoms with Crippen molar-refractivity contribution in [1.82, 2.24) is 15.3 Å². The van der Waals surface area contributed by atoms with Gasteiger partial charge in [-0.15, -0.1) is 0 Å². The Kier molecular flexibility index (Phi) is 5.27. The van der Waals surface area contributed by atoms with E-state index in [4.69, 9.17) is 9.47 Å². The minimum atomic E-state index is -0.164. The highest BCUT2D eigenvalue weighted by molar-refractivity contribution is 5.86. The van der Waals surface area contributed by atoms with Gasteiger partial charge in [-0.3, -0.25) is 9.78 Å². The molecule has 0 unspecified atom stereocenters. The first-order valence-electron chi connectivity index (χ1n) is 10.4. The van der Waals surface area contributed by atoms with E-state index >= 15 is 0 Å². The first-order chi connectivity index (χ1) is 15.3. The molecular weight excluding hydrogens is 390 g/mol. The molecule has 5 rings (SSSR count). The van der Waals surface area contributed by atoms with E-state index in [0.29, 0.717) is 19.4 Å². The third-order valence-corrected chi connectivity index (χ3v) is 5.62. The van der Waals surface area contributed by atoms with Crippen LogP contribution in [0.15, 0.2) is 73.1 Å². The molecular formula is C25H23N3O3. The summed E-state index contributed by atoms with van der Waals surface area (Å²) in [6.07, 6.45) is 4.76. The maximum atomic E-state index is 12.9. The molecule has 156 valence electrons. The molecule has 31 heavy (non-hydrogen) atoms. The highest BCUT2D eigenvalue weighted by atomic mass is 16.7. The largest absolute Gasteiger partial charge is 0.454 e. The smallest absolute Gasteiger partial charge is 0.231 e. The molecule has 6 heteroatoms. The second-order valence-electron chi connectivity index (χ2n) is 7.55. The lowest BCUT2D eigenvalue weighted by atomic mass is 9.87. The van der Waals surface area contributed by atoms with Gasteiger partial charge in [0.2, 0.25) is 12.7 Å². The Balaban J connectivity index is 1.41. The fraction of sp³-hybridized carbons (Fsp3) is 0.200. The van der Waals surface area contributed by atoms with Crippen molar-refractivity contribution in [1.29, 1.82) is 0 Å². The van der Waals surface area contributed by atoms with Crippen LogP contribution in [-0.2, 0) is 11.2 Å². The lowest BCUT2D eigenvalue weighted by Gasteiger charge is -2.19. The standard InChI is InChI=1S/C25H23N3O3/c29-24(27-13-11-17-6-3-4-12-26-17)14-20(19-8-5-10-23-25(19)31-16-30-23)21-15-28-22-9-2-1-7-18(21)22/h1-10,12,15,20,28H,11,13-14,16H2,(H,27,29)/t20-/m1/s1. The van der Waals surface area contributed by atoms with Gasteiger partial charge in [-0.2, -0.15) is 0 Å². The monoisotopic (exact) mass is 413 g/mol. The van der Waals surface area contributed by atoms with Crippen LogP contribution >= 0.6 is 0 Å². The molecule has 1 atom stereocenters. The topological polar surface area (TPSA) is 76.2 Å². The van der Waals surface area contributed by atoms with Crippen molar-refractivity contribution in [3.05, 3.63) is 89.9 Å². The molecule has 0 saturated carbocycles. The van der Waals surface area contributed by atoms with Crippen molar-refractivity contribution < 1.29 is 14.3 Å². The number of nitrogens with zero attached hydrogens (tertiary/aromatic N) is 1. The van der Waals surface area contributed by atoms with E-state index < -0.39 is 0 Å². The molecule has 6 nitrogen and oxygen atoms in total. The normalized spacial score (nSPS) is 13.3. The number of pyridine rings is 1. The molecule has 0 radical (unpaired) electrons. The number of ether oxygens (including phenoxy) is 2. The molecule has 0 aliphatic carbocycles. The van der Waals surface area contributed by atoms with Gasteiger partial charge < -0.3 is 19.8 Å². The molecule has 2 aromatic carbocycles. The summed E-state index contributed by atoms with van der Waals surface area (Å²) in [7, 11) is 0. The zero-order valence-electron chi connectivity index (χ0n) is 17.0. The van der Waals surface area contributed by atoms with Crippen LogP contribution < -0.4 is 14.8 Å². The van der Waals surface area contributed by atoms with E-state index in [0.717, 1.165) is 39.2 Å². The fourth-order valence-corrected chi connectivity index (χ4v) is 4.13. The van der Waals surface area contributed by atoms with Gasteiger partial charge in [0.25, 0.3) is 0 Å². The summed E-state index contributed by atoms with van der Waals surface area (Å²) in [6.45, 7) is 0.742. The van der Waals surface area contributed by atoms with Crippen LogP contribution in [0.25, 0.3) is 10.9 Å². The summed E-state index contributed by atoms with van der Waals surface area (Å²) in [5.41, 5.74) is 4.03. The zero-order chi connectivity index (χ0) is 21.0. The van der Waals surface area contributed by atoms with Gasteiger partial charge in [0.15, 0.2) is 11.5 Å². The van der Waals surface area contributed by atoms with Crippen LogP contribution in [0, 0.1) is 0 Å². The third-order valence-electron chi connectivity index (χ3n) is 5.62. The van der Waals surface area contributed by atoms with E-state index in [2.05, 4.69) is 21.4 Å². The number of amides is 1. The molecule has 0 spiro atoms. The minimum Gasteiger partial charge on any atom is -0.454 e. The van der Waals surface area contributed by atoms with Crippen molar-refractivity contribution in [2.75, 3.05) is 13.3 Å². The second kappa shape index (κ2) is 8.52. The maximum Gasteiger partial charge on any atom is 0.231 e. The van der Waals surface area contributed by atoms with E-state index in [-0.39, 0.29) is 18.6 Å². The summed E-state index contributed by atoms with van der Waals surface area (Å²) in [5, 5.41) is 4.15. The summed E-state index contributed by atoms with van der Waals surface area (Å²) in [6, 6.07) is 19.8. The van der Waals surface area contributed by atoms with Crippen LogP contribution in [0.2, 0.25) is 0 Å². The van der Waals surface area contributed by atoms with Crippen LogP contribution in [0.4, 0.5) is 0 Å². The zero-order valence-corrected chi connectivity index (χ0v) is 17.0. The van der Waals surface area contributed by atoms with Gasteiger partial charge in [-0.05, 0) is 29.8 Å². The molecule has 0 fully saturated rings. The van der Waals surface area contributed by atoms with Crippen molar-refractivity contribution in [2.45, 2.75) is 18.8 Å². The SMILES string of the molecule is O=C(C[C@H](c1cccc2c1OCO2)c1c[nH]c2ccccc12)NCCc1ccccn1. The Labute approximate surface area is 180 Å². The quantitative estimate of drug-likeness (QED) is 0.477. The lowest BCUT2D eigenvalue weighted by Crippen LogP contribution is -2.27.